The van der Waals surface area contributed by atoms with Crippen LogP contribution in [0.1, 0.15) is 19.8 Å². The summed E-state index contributed by atoms with van der Waals surface area (Å²) in [5, 5.41) is 3.57. The third kappa shape index (κ3) is 2.02. The highest BCUT2D eigenvalue weighted by molar-refractivity contribution is 7.99. The van der Waals surface area contributed by atoms with Gasteiger partial charge in [0, 0.05) is 19.1 Å². The summed E-state index contributed by atoms with van der Waals surface area (Å²) in [5.41, 5.74) is 0. The lowest BCUT2D eigenvalue weighted by atomic mass is 9.92. The van der Waals surface area contributed by atoms with Crippen molar-refractivity contribution in [1.82, 2.24) is 10.2 Å². The Bertz CT molecular complexity index is 240. The van der Waals surface area contributed by atoms with Crippen LogP contribution in [0.4, 0.5) is 0 Å². The third-order valence-corrected chi connectivity index (χ3v) is 5.99. The number of thioether (sulfide) groups is 1. The Morgan fingerprint density at radius 3 is 3.06 bits per heavy atom. The monoisotopic (exact) mass is 240 g/mol. The van der Waals surface area contributed by atoms with Crippen LogP contribution in [0.5, 0.6) is 0 Å². The second-order valence-electron chi connectivity index (χ2n) is 5.74. The van der Waals surface area contributed by atoms with Gasteiger partial charge < -0.3 is 5.32 Å². The van der Waals surface area contributed by atoms with Crippen molar-refractivity contribution in [2.45, 2.75) is 25.8 Å². The third-order valence-electron chi connectivity index (χ3n) is 4.76. The molecule has 3 rings (SSSR count). The molecule has 2 nitrogen and oxygen atoms in total. The molecular formula is C13H24N2S. The van der Waals surface area contributed by atoms with Gasteiger partial charge in [-0.2, -0.15) is 11.8 Å². The first kappa shape index (κ1) is 11.4. The number of hydrogen-bond acceptors (Lipinski definition) is 3. The van der Waals surface area contributed by atoms with Crippen molar-refractivity contribution in [3.05, 3.63) is 0 Å². The molecule has 3 heterocycles. The van der Waals surface area contributed by atoms with E-state index in [9.17, 15) is 0 Å². The molecule has 0 spiro atoms. The minimum absolute atomic E-state index is 0.880. The SMILES string of the molecule is CCC1C2CNCC2CN1CC1CCSC1. The van der Waals surface area contributed by atoms with Gasteiger partial charge in [-0.25, -0.2) is 0 Å². The summed E-state index contributed by atoms with van der Waals surface area (Å²) in [6.45, 7) is 7.69. The Morgan fingerprint density at radius 2 is 2.31 bits per heavy atom. The number of rotatable bonds is 3. The molecule has 92 valence electrons. The Balaban J connectivity index is 1.61. The lowest BCUT2D eigenvalue weighted by Crippen LogP contribution is -2.38. The lowest BCUT2D eigenvalue weighted by molar-refractivity contribution is 0.193. The van der Waals surface area contributed by atoms with Crippen molar-refractivity contribution in [2.75, 3.05) is 37.7 Å². The molecule has 0 amide bonds. The molecule has 0 aromatic carbocycles. The van der Waals surface area contributed by atoms with E-state index in [4.69, 9.17) is 0 Å². The van der Waals surface area contributed by atoms with Crippen molar-refractivity contribution in [3.8, 4) is 0 Å². The van der Waals surface area contributed by atoms with E-state index in [2.05, 4.69) is 28.9 Å². The zero-order valence-corrected chi connectivity index (χ0v) is 11.1. The van der Waals surface area contributed by atoms with Crippen LogP contribution in [0.3, 0.4) is 0 Å². The molecule has 0 saturated carbocycles. The Labute approximate surface area is 104 Å². The molecule has 3 aliphatic heterocycles. The maximum absolute atomic E-state index is 3.57. The van der Waals surface area contributed by atoms with Crippen molar-refractivity contribution in [1.29, 1.82) is 0 Å². The first-order chi connectivity index (χ1) is 7.88. The number of nitrogens with one attached hydrogen (secondary N) is 1. The summed E-state index contributed by atoms with van der Waals surface area (Å²) < 4.78 is 0. The molecular weight excluding hydrogens is 216 g/mol. The molecule has 3 heteroatoms. The van der Waals surface area contributed by atoms with E-state index in [0.717, 1.165) is 23.8 Å². The Morgan fingerprint density at radius 1 is 1.38 bits per heavy atom. The van der Waals surface area contributed by atoms with Crippen LogP contribution < -0.4 is 5.32 Å². The molecule has 0 radical (unpaired) electrons. The van der Waals surface area contributed by atoms with Crippen molar-refractivity contribution < 1.29 is 0 Å². The second-order valence-corrected chi connectivity index (χ2v) is 6.89. The van der Waals surface area contributed by atoms with Crippen molar-refractivity contribution in [3.63, 3.8) is 0 Å². The molecule has 3 aliphatic rings. The summed E-state index contributed by atoms with van der Waals surface area (Å²) >= 11 is 2.16. The molecule has 1 N–H and O–H groups in total. The molecule has 0 bridgehead atoms. The fraction of sp³-hybridized carbons (Fsp3) is 1.00. The van der Waals surface area contributed by atoms with Crippen LogP contribution in [0, 0.1) is 17.8 Å². The average molecular weight is 240 g/mol. The molecule has 0 aromatic heterocycles. The number of hydrogen-bond donors (Lipinski definition) is 1. The smallest absolute Gasteiger partial charge is 0.0137 e. The first-order valence-corrected chi connectivity index (χ1v) is 8.06. The normalized spacial score (nSPS) is 44.1. The minimum Gasteiger partial charge on any atom is -0.316 e. The Kier molecular flexibility index (Phi) is 3.46. The van der Waals surface area contributed by atoms with Crippen LogP contribution in [-0.2, 0) is 0 Å². The fourth-order valence-electron chi connectivity index (χ4n) is 3.94. The molecule has 3 fully saturated rings. The van der Waals surface area contributed by atoms with Gasteiger partial charge in [-0.05, 0) is 55.2 Å². The average Bonchev–Trinajstić information content (AvgIpc) is 2.93. The summed E-state index contributed by atoms with van der Waals surface area (Å²) in [7, 11) is 0. The van der Waals surface area contributed by atoms with Gasteiger partial charge in [-0.15, -0.1) is 0 Å². The van der Waals surface area contributed by atoms with Crippen LogP contribution in [0.15, 0.2) is 0 Å². The topological polar surface area (TPSA) is 15.3 Å². The maximum Gasteiger partial charge on any atom is 0.0137 e. The summed E-state index contributed by atoms with van der Waals surface area (Å²) in [4.78, 5) is 2.83. The molecule has 0 aliphatic carbocycles. The Hall–Kier alpha value is 0.270. The van der Waals surface area contributed by atoms with E-state index in [1.165, 1.54) is 50.5 Å². The van der Waals surface area contributed by atoms with Gasteiger partial charge in [-0.3, -0.25) is 4.90 Å². The van der Waals surface area contributed by atoms with Gasteiger partial charge in [-0.1, -0.05) is 6.92 Å². The number of likely N-dealkylation sites (tertiary alicyclic amines) is 1. The number of fused-ring (bicyclic) bond motifs is 1. The van der Waals surface area contributed by atoms with E-state index < -0.39 is 0 Å². The van der Waals surface area contributed by atoms with E-state index in [1.54, 1.807) is 0 Å². The predicted molar refractivity (Wildman–Crippen MR) is 70.9 cm³/mol. The van der Waals surface area contributed by atoms with E-state index in [-0.39, 0.29) is 0 Å². The highest BCUT2D eigenvalue weighted by atomic mass is 32.2. The van der Waals surface area contributed by atoms with E-state index in [0.29, 0.717) is 0 Å². The molecule has 3 saturated heterocycles. The maximum atomic E-state index is 3.57. The first-order valence-electron chi connectivity index (χ1n) is 6.91. The van der Waals surface area contributed by atoms with Crippen LogP contribution in [0.25, 0.3) is 0 Å². The van der Waals surface area contributed by atoms with Crippen LogP contribution >= 0.6 is 11.8 Å². The molecule has 4 unspecified atom stereocenters. The second kappa shape index (κ2) is 4.87. The summed E-state index contributed by atoms with van der Waals surface area (Å²) in [6, 6.07) is 0.880. The largest absolute Gasteiger partial charge is 0.316 e. The van der Waals surface area contributed by atoms with Crippen LogP contribution in [-0.4, -0.2) is 48.6 Å². The van der Waals surface area contributed by atoms with Gasteiger partial charge in [0.25, 0.3) is 0 Å². The van der Waals surface area contributed by atoms with Crippen molar-refractivity contribution >= 4 is 11.8 Å². The summed E-state index contributed by atoms with van der Waals surface area (Å²) in [5.74, 6) is 5.73. The number of nitrogens with zero attached hydrogens (tertiary/aromatic N) is 1. The quantitative estimate of drug-likeness (QED) is 0.808. The van der Waals surface area contributed by atoms with E-state index in [1.807, 2.05) is 0 Å². The van der Waals surface area contributed by atoms with Gasteiger partial charge in [0.2, 0.25) is 0 Å². The lowest BCUT2D eigenvalue weighted by Gasteiger charge is -2.28. The molecule has 0 aromatic rings. The molecule has 16 heavy (non-hydrogen) atoms. The van der Waals surface area contributed by atoms with Crippen molar-refractivity contribution in [2.24, 2.45) is 17.8 Å². The van der Waals surface area contributed by atoms with Gasteiger partial charge in [0.05, 0.1) is 0 Å². The van der Waals surface area contributed by atoms with Gasteiger partial charge in [0.1, 0.15) is 0 Å². The zero-order valence-electron chi connectivity index (χ0n) is 10.3. The minimum atomic E-state index is 0.880. The standard InChI is InChI=1S/C13H24N2S/c1-2-13-12-6-14-5-11(12)8-15(13)7-10-3-4-16-9-10/h10-14H,2-9H2,1H3. The molecule has 4 atom stereocenters. The highest BCUT2D eigenvalue weighted by Gasteiger charge is 2.43. The predicted octanol–water partition coefficient (Wildman–Crippen LogP) is 1.67. The summed E-state index contributed by atoms with van der Waals surface area (Å²) in [6.07, 6.45) is 2.81. The van der Waals surface area contributed by atoms with Gasteiger partial charge in [0.15, 0.2) is 0 Å². The fourth-order valence-corrected chi connectivity index (χ4v) is 5.21. The van der Waals surface area contributed by atoms with Gasteiger partial charge >= 0.3 is 0 Å². The van der Waals surface area contributed by atoms with E-state index >= 15 is 0 Å². The van der Waals surface area contributed by atoms with Crippen LogP contribution in [0.2, 0.25) is 0 Å². The highest BCUT2D eigenvalue weighted by Crippen LogP contribution is 2.36. The zero-order chi connectivity index (χ0) is 11.0.